The summed E-state index contributed by atoms with van der Waals surface area (Å²) in [4.78, 5) is 15.5. The van der Waals surface area contributed by atoms with Crippen molar-refractivity contribution in [1.82, 2.24) is 10.1 Å². The van der Waals surface area contributed by atoms with Gasteiger partial charge in [0.2, 0.25) is 5.82 Å². The van der Waals surface area contributed by atoms with Crippen molar-refractivity contribution in [3.63, 3.8) is 0 Å². The van der Waals surface area contributed by atoms with E-state index in [1.54, 1.807) is 12.1 Å². The van der Waals surface area contributed by atoms with Gasteiger partial charge in [-0.2, -0.15) is 25.1 Å². The fourth-order valence-corrected chi connectivity index (χ4v) is 3.06. The number of methoxy groups -OCH3 is 1. The summed E-state index contributed by atoms with van der Waals surface area (Å²) in [7, 11) is 1.31. The van der Waals surface area contributed by atoms with Crippen LogP contribution in [-0.2, 0) is 4.79 Å². The molecule has 2 heterocycles. The van der Waals surface area contributed by atoms with Gasteiger partial charge in [-0.05, 0) is 23.6 Å². The molecule has 0 aliphatic heterocycles. The van der Waals surface area contributed by atoms with Crippen molar-refractivity contribution in [1.29, 1.82) is 0 Å². The minimum atomic E-state index is -3.08. The third-order valence-corrected chi connectivity index (χ3v) is 4.27. The number of hydrogen-bond acceptors (Lipinski definition) is 7. The lowest BCUT2D eigenvalue weighted by Gasteiger charge is -2.13. The van der Waals surface area contributed by atoms with Crippen LogP contribution in [0.4, 0.5) is 8.78 Å². The normalized spacial score (nSPS) is 11.6. The number of alkyl halides is 2. The molecule has 3 rings (SSSR count). The van der Waals surface area contributed by atoms with E-state index in [-0.39, 0.29) is 28.5 Å². The minimum Gasteiger partial charge on any atom is -0.493 e. The number of para-hydroxylation sites is 1. The molecule has 146 valence electrons. The van der Waals surface area contributed by atoms with Gasteiger partial charge in [0.25, 0.3) is 5.89 Å². The molecule has 28 heavy (non-hydrogen) atoms. The third kappa shape index (κ3) is 4.52. The van der Waals surface area contributed by atoms with Crippen LogP contribution < -0.4 is 9.47 Å². The predicted molar refractivity (Wildman–Crippen MR) is 97.4 cm³/mol. The first kappa shape index (κ1) is 19.5. The Morgan fingerprint density at radius 2 is 2.21 bits per heavy atom. The predicted octanol–water partition coefficient (Wildman–Crippen LogP) is 4.42. The molecule has 2 aromatic heterocycles. The zero-order valence-electron chi connectivity index (χ0n) is 14.5. The molecule has 0 bridgehead atoms. The first-order valence-corrected chi connectivity index (χ1v) is 8.83. The van der Waals surface area contributed by atoms with E-state index in [0.717, 1.165) is 5.56 Å². The van der Waals surface area contributed by atoms with Crippen molar-refractivity contribution in [3.8, 4) is 22.9 Å². The number of carboxylic acid groups (broad SMARTS) is 1. The van der Waals surface area contributed by atoms with Crippen LogP contribution in [0.25, 0.3) is 23.0 Å². The Bertz CT molecular complexity index is 986. The summed E-state index contributed by atoms with van der Waals surface area (Å²) < 4.78 is 40.4. The SMILES string of the molecule is COc1cccc(/C=C(\CC(=O)O)c2nc(-c3ccsc3)no2)c1OC(F)F. The van der Waals surface area contributed by atoms with Crippen LogP contribution >= 0.6 is 11.3 Å². The van der Waals surface area contributed by atoms with Crippen molar-refractivity contribution >= 4 is 29.0 Å². The van der Waals surface area contributed by atoms with Crippen LogP contribution in [0.1, 0.15) is 17.9 Å². The zero-order chi connectivity index (χ0) is 20.1. The lowest BCUT2D eigenvalue weighted by Crippen LogP contribution is -2.05. The lowest BCUT2D eigenvalue weighted by molar-refractivity contribution is -0.135. The Morgan fingerprint density at radius 3 is 2.86 bits per heavy atom. The average molecular weight is 408 g/mol. The van der Waals surface area contributed by atoms with E-state index in [1.807, 2.05) is 10.8 Å². The van der Waals surface area contributed by atoms with Crippen molar-refractivity contribution in [3.05, 3.63) is 46.5 Å². The number of thiophene rings is 1. The molecule has 0 aliphatic carbocycles. The van der Waals surface area contributed by atoms with Gasteiger partial charge in [-0.1, -0.05) is 17.3 Å². The molecule has 0 spiro atoms. The summed E-state index contributed by atoms with van der Waals surface area (Å²) in [6.45, 7) is -3.08. The van der Waals surface area contributed by atoms with Crippen molar-refractivity contribution in [2.24, 2.45) is 0 Å². The monoisotopic (exact) mass is 408 g/mol. The average Bonchev–Trinajstić information content (AvgIpc) is 3.33. The molecule has 0 saturated heterocycles. The van der Waals surface area contributed by atoms with Gasteiger partial charge >= 0.3 is 12.6 Å². The Morgan fingerprint density at radius 1 is 1.39 bits per heavy atom. The topological polar surface area (TPSA) is 94.7 Å². The molecule has 0 radical (unpaired) electrons. The highest BCUT2D eigenvalue weighted by molar-refractivity contribution is 7.08. The smallest absolute Gasteiger partial charge is 0.387 e. The second-order valence-electron chi connectivity index (χ2n) is 5.43. The first-order chi connectivity index (χ1) is 13.5. The summed E-state index contributed by atoms with van der Waals surface area (Å²) >= 11 is 1.45. The van der Waals surface area contributed by atoms with Gasteiger partial charge in [0.05, 0.1) is 13.5 Å². The lowest BCUT2D eigenvalue weighted by atomic mass is 10.1. The molecule has 3 aromatic rings. The third-order valence-electron chi connectivity index (χ3n) is 3.59. The molecule has 1 aromatic carbocycles. The van der Waals surface area contributed by atoms with Crippen LogP contribution in [0.15, 0.2) is 39.5 Å². The van der Waals surface area contributed by atoms with Crippen LogP contribution in [0.5, 0.6) is 11.5 Å². The molecule has 0 fully saturated rings. The van der Waals surface area contributed by atoms with Gasteiger partial charge in [0, 0.05) is 22.1 Å². The first-order valence-electron chi connectivity index (χ1n) is 7.88. The number of carbonyl (C=O) groups is 1. The number of benzene rings is 1. The summed E-state index contributed by atoms with van der Waals surface area (Å²) in [5, 5.41) is 16.7. The van der Waals surface area contributed by atoms with Crippen molar-refractivity contribution in [2.75, 3.05) is 7.11 Å². The molecule has 1 N–H and O–H groups in total. The van der Waals surface area contributed by atoms with Gasteiger partial charge in [-0.15, -0.1) is 0 Å². The van der Waals surface area contributed by atoms with E-state index in [2.05, 4.69) is 14.9 Å². The number of rotatable bonds is 8. The molecule has 0 atom stereocenters. The number of nitrogens with zero attached hydrogens (tertiary/aromatic N) is 2. The second-order valence-corrected chi connectivity index (χ2v) is 6.21. The maximum absolute atomic E-state index is 12.8. The van der Waals surface area contributed by atoms with Crippen LogP contribution in [0.2, 0.25) is 0 Å². The fourth-order valence-electron chi connectivity index (χ4n) is 2.42. The second kappa shape index (κ2) is 8.61. The van der Waals surface area contributed by atoms with Gasteiger partial charge in [0.15, 0.2) is 11.5 Å². The molecular weight excluding hydrogens is 394 g/mol. The summed E-state index contributed by atoms with van der Waals surface area (Å²) in [6, 6.07) is 6.29. The number of aliphatic carboxylic acids is 1. The van der Waals surface area contributed by atoms with Crippen molar-refractivity contribution in [2.45, 2.75) is 13.0 Å². The summed E-state index contributed by atoms with van der Waals surface area (Å²) in [5.74, 6) is -1.04. The Labute approximate surface area is 161 Å². The Balaban J connectivity index is 2.05. The Kier molecular flexibility index (Phi) is 5.99. The highest BCUT2D eigenvalue weighted by atomic mass is 32.1. The van der Waals surface area contributed by atoms with Gasteiger partial charge in [-0.3, -0.25) is 4.79 Å². The van der Waals surface area contributed by atoms with Gasteiger partial charge < -0.3 is 19.1 Å². The number of halogens is 2. The maximum Gasteiger partial charge on any atom is 0.387 e. The van der Waals surface area contributed by atoms with E-state index in [1.165, 1.54) is 36.7 Å². The van der Waals surface area contributed by atoms with Gasteiger partial charge in [0.1, 0.15) is 0 Å². The quantitative estimate of drug-likeness (QED) is 0.589. The highest BCUT2D eigenvalue weighted by Gasteiger charge is 2.19. The fraction of sp³-hybridized carbons (Fsp3) is 0.167. The minimum absolute atomic E-state index is 0.0329. The van der Waals surface area contributed by atoms with E-state index < -0.39 is 19.0 Å². The summed E-state index contributed by atoms with van der Waals surface area (Å²) in [6.07, 6.45) is 0.885. The zero-order valence-corrected chi connectivity index (χ0v) is 15.3. The van der Waals surface area contributed by atoms with E-state index >= 15 is 0 Å². The van der Waals surface area contributed by atoms with E-state index in [9.17, 15) is 18.7 Å². The molecule has 0 amide bonds. The number of hydrogen-bond donors (Lipinski definition) is 1. The highest BCUT2D eigenvalue weighted by Crippen LogP contribution is 2.35. The molecule has 7 nitrogen and oxygen atoms in total. The van der Waals surface area contributed by atoms with Crippen LogP contribution in [0.3, 0.4) is 0 Å². The number of ether oxygens (including phenoxy) is 2. The van der Waals surface area contributed by atoms with Crippen LogP contribution in [0, 0.1) is 0 Å². The molecule has 0 saturated carbocycles. The number of aromatic nitrogens is 2. The van der Waals surface area contributed by atoms with Gasteiger partial charge in [-0.25, -0.2) is 0 Å². The summed E-state index contributed by atoms with van der Waals surface area (Å²) in [5.41, 5.74) is 1.04. The van der Waals surface area contributed by atoms with Crippen LogP contribution in [-0.4, -0.2) is 34.9 Å². The molecular formula is C18H14F2N2O5S. The van der Waals surface area contributed by atoms with E-state index in [4.69, 9.17) is 9.26 Å². The largest absolute Gasteiger partial charge is 0.493 e. The molecule has 0 aliphatic rings. The molecule has 0 unspecified atom stereocenters. The Hall–Kier alpha value is -3.27. The van der Waals surface area contributed by atoms with E-state index in [0.29, 0.717) is 5.82 Å². The number of carboxylic acids is 1. The maximum atomic E-state index is 12.8. The standard InChI is InChI=1S/C18H14F2N2O5S/c1-25-13-4-2-3-10(15(13)26-18(19)20)7-12(8-14(23)24)17-21-16(22-27-17)11-5-6-28-9-11/h2-7,9,18H,8H2,1H3,(H,23,24)/b12-7+. The van der Waals surface area contributed by atoms with Crippen molar-refractivity contribution < 1.29 is 32.7 Å². The molecule has 10 heteroatoms.